The van der Waals surface area contributed by atoms with E-state index >= 15 is 0 Å². The Morgan fingerprint density at radius 2 is 1.51 bits per heavy atom. The fourth-order valence-corrected chi connectivity index (χ4v) is 4.81. The van der Waals surface area contributed by atoms with E-state index in [1.54, 1.807) is 37.4 Å². The summed E-state index contributed by atoms with van der Waals surface area (Å²) >= 11 is 0. The van der Waals surface area contributed by atoms with E-state index in [1.807, 2.05) is 31.2 Å². The average Bonchev–Trinajstić information content (AvgIpc) is 2.90. The minimum Gasteiger partial charge on any atom is -0.497 e. The van der Waals surface area contributed by atoms with Crippen molar-refractivity contribution in [1.29, 1.82) is 0 Å². The van der Waals surface area contributed by atoms with Gasteiger partial charge < -0.3 is 19.5 Å². The molecule has 0 fully saturated rings. The number of methoxy groups -OCH3 is 3. The van der Waals surface area contributed by atoms with Gasteiger partial charge in [0, 0.05) is 18.7 Å². The molecule has 3 rings (SSSR count). The number of nitrogens with one attached hydrogen (secondary N) is 1. The summed E-state index contributed by atoms with van der Waals surface area (Å²) in [7, 11) is 2.13. The molecule has 186 valence electrons. The van der Waals surface area contributed by atoms with Crippen LogP contribution in [-0.2, 0) is 10.0 Å². The predicted molar refractivity (Wildman–Crippen MR) is 135 cm³/mol. The van der Waals surface area contributed by atoms with E-state index in [0.29, 0.717) is 29.2 Å². The van der Waals surface area contributed by atoms with Gasteiger partial charge in [0.2, 0.25) is 0 Å². The lowest BCUT2D eigenvalue weighted by Gasteiger charge is -2.21. The summed E-state index contributed by atoms with van der Waals surface area (Å²) in [5.74, 6) is 1.25. The van der Waals surface area contributed by atoms with Crippen LogP contribution in [0.2, 0.25) is 0 Å². The molecule has 0 aromatic heterocycles. The molecule has 3 aromatic rings. The van der Waals surface area contributed by atoms with Crippen molar-refractivity contribution >= 4 is 21.6 Å². The van der Waals surface area contributed by atoms with Gasteiger partial charge in [-0.3, -0.25) is 9.10 Å². The van der Waals surface area contributed by atoms with Gasteiger partial charge in [0.15, 0.2) is 11.5 Å². The Kier molecular flexibility index (Phi) is 8.24. The summed E-state index contributed by atoms with van der Waals surface area (Å²) in [6, 6.07) is 18.2. The van der Waals surface area contributed by atoms with Crippen LogP contribution in [0.5, 0.6) is 17.2 Å². The smallest absolute Gasteiger partial charge is 0.264 e. The van der Waals surface area contributed by atoms with Crippen molar-refractivity contribution in [2.45, 2.75) is 24.3 Å². The van der Waals surface area contributed by atoms with Gasteiger partial charge in [-0.2, -0.15) is 0 Å². The lowest BCUT2D eigenvalue weighted by molar-refractivity contribution is 0.0935. The van der Waals surface area contributed by atoms with Gasteiger partial charge >= 0.3 is 0 Å². The van der Waals surface area contributed by atoms with E-state index in [2.05, 4.69) is 5.32 Å². The van der Waals surface area contributed by atoms with E-state index in [1.165, 1.54) is 33.4 Å². The molecule has 0 saturated carbocycles. The number of anilines is 1. The fourth-order valence-electron chi connectivity index (χ4n) is 3.60. The summed E-state index contributed by atoms with van der Waals surface area (Å²) in [5.41, 5.74) is 1.81. The first kappa shape index (κ1) is 25.9. The van der Waals surface area contributed by atoms with Crippen LogP contribution in [0.15, 0.2) is 71.6 Å². The van der Waals surface area contributed by atoms with Crippen LogP contribution in [-0.4, -0.2) is 42.7 Å². The second-order valence-electron chi connectivity index (χ2n) is 7.74. The van der Waals surface area contributed by atoms with Gasteiger partial charge in [-0.25, -0.2) is 8.42 Å². The van der Waals surface area contributed by atoms with E-state index < -0.39 is 10.0 Å². The van der Waals surface area contributed by atoms with Crippen molar-refractivity contribution < 1.29 is 27.4 Å². The zero-order chi connectivity index (χ0) is 25.6. The van der Waals surface area contributed by atoms with Crippen molar-refractivity contribution in [1.82, 2.24) is 5.32 Å². The maximum absolute atomic E-state index is 13.1. The Morgan fingerprint density at radius 3 is 2.06 bits per heavy atom. The van der Waals surface area contributed by atoms with Gasteiger partial charge in [-0.15, -0.1) is 0 Å². The number of benzene rings is 3. The number of ether oxygens (including phenoxy) is 3. The lowest BCUT2D eigenvalue weighted by Crippen LogP contribution is -2.28. The fraction of sp³-hybridized carbons (Fsp3) is 0.269. The molecule has 0 unspecified atom stereocenters. The van der Waals surface area contributed by atoms with Gasteiger partial charge in [0.05, 0.1) is 38.0 Å². The first-order valence-electron chi connectivity index (χ1n) is 11.0. The SMILES string of the molecule is CC[C@@H](NC(=O)c1ccc(N(C)S(=O)(=O)c2ccc(OC)c(OC)c2)cc1)c1ccc(OC)cc1. The molecule has 1 atom stereocenters. The molecule has 1 N–H and O–H groups in total. The molecule has 1 amide bonds. The summed E-state index contributed by atoms with van der Waals surface area (Å²) in [4.78, 5) is 12.9. The third kappa shape index (κ3) is 5.68. The largest absolute Gasteiger partial charge is 0.497 e. The highest BCUT2D eigenvalue weighted by molar-refractivity contribution is 7.92. The van der Waals surface area contributed by atoms with Gasteiger partial charge in [-0.05, 0) is 60.5 Å². The van der Waals surface area contributed by atoms with Crippen LogP contribution in [0.1, 0.15) is 35.3 Å². The van der Waals surface area contributed by atoms with Crippen LogP contribution in [0.4, 0.5) is 5.69 Å². The number of nitrogens with zero attached hydrogens (tertiary/aromatic N) is 1. The van der Waals surface area contributed by atoms with Gasteiger partial charge in [0.1, 0.15) is 5.75 Å². The highest BCUT2D eigenvalue weighted by atomic mass is 32.2. The highest BCUT2D eigenvalue weighted by Gasteiger charge is 2.23. The Labute approximate surface area is 206 Å². The Morgan fingerprint density at radius 1 is 0.886 bits per heavy atom. The minimum atomic E-state index is -3.86. The predicted octanol–water partition coefficient (Wildman–Crippen LogP) is 4.42. The third-order valence-corrected chi connectivity index (χ3v) is 7.52. The van der Waals surface area contributed by atoms with Crippen molar-refractivity contribution in [2.24, 2.45) is 0 Å². The number of sulfonamides is 1. The van der Waals surface area contributed by atoms with E-state index in [-0.39, 0.29) is 16.8 Å². The summed E-state index contributed by atoms with van der Waals surface area (Å²) < 4.78 is 43.0. The minimum absolute atomic E-state index is 0.0600. The van der Waals surface area contributed by atoms with E-state index in [9.17, 15) is 13.2 Å². The molecule has 0 heterocycles. The number of amides is 1. The normalized spacial score (nSPS) is 11.9. The molecule has 0 aliphatic heterocycles. The van der Waals surface area contributed by atoms with Gasteiger partial charge in [-0.1, -0.05) is 19.1 Å². The molecule has 0 bridgehead atoms. The summed E-state index contributed by atoms with van der Waals surface area (Å²) in [5, 5.41) is 3.03. The second-order valence-corrected chi connectivity index (χ2v) is 9.71. The Hall–Kier alpha value is -3.72. The molecule has 9 heteroatoms. The van der Waals surface area contributed by atoms with Crippen LogP contribution >= 0.6 is 0 Å². The maximum Gasteiger partial charge on any atom is 0.264 e. The molecule has 8 nitrogen and oxygen atoms in total. The van der Waals surface area contributed by atoms with Crippen molar-refractivity contribution in [3.8, 4) is 17.2 Å². The van der Waals surface area contributed by atoms with Crippen molar-refractivity contribution in [3.05, 3.63) is 77.9 Å². The Bertz CT molecular complexity index is 1260. The zero-order valence-corrected chi connectivity index (χ0v) is 21.3. The number of hydrogen-bond donors (Lipinski definition) is 1. The first-order valence-corrected chi connectivity index (χ1v) is 12.4. The van der Waals surface area contributed by atoms with Crippen LogP contribution in [0.3, 0.4) is 0 Å². The average molecular weight is 499 g/mol. The van der Waals surface area contributed by atoms with Crippen molar-refractivity contribution in [3.63, 3.8) is 0 Å². The van der Waals surface area contributed by atoms with E-state index in [0.717, 1.165) is 15.6 Å². The lowest BCUT2D eigenvalue weighted by atomic mass is 10.0. The summed E-state index contributed by atoms with van der Waals surface area (Å²) in [6.45, 7) is 1.99. The molecule has 0 saturated heterocycles. The van der Waals surface area contributed by atoms with Crippen LogP contribution < -0.4 is 23.8 Å². The molecule has 0 aliphatic carbocycles. The molecule has 0 aliphatic rings. The van der Waals surface area contributed by atoms with Crippen LogP contribution in [0, 0.1) is 0 Å². The quantitative estimate of drug-likeness (QED) is 0.445. The van der Waals surface area contributed by atoms with Crippen LogP contribution in [0.25, 0.3) is 0 Å². The number of rotatable bonds is 10. The maximum atomic E-state index is 13.1. The Balaban J connectivity index is 1.76. The van der Waals surface area contributed by atoms with Gasteiger partial charge in [0.25, 0.3) is 15.9 Å². The molecular formula is C26H30N2O6S. The van der Waals surface area contributed by atoms with E-state index in [4.69, 9.17) is 14.2 Å². The number of hydrogen-bond acceptors (Lipinski definition) is 6. The third-order valence-electron chi connectivity index (χ3n) is 5.74. The molecular weight excluding hydrogens is 468 g/mol. The first-order chi connectivity index (χ1) is 16.7. The summed E-state index contributed by atoms with van der Waals surface area (Å²) in [6.07, 6.45) is 0.711. The topological polar surface area (TPSA) is 94.2 Å². The number of carbonyl (C=O) groups excluding carboxylic acids is 1. The second kappa shape index (κ2) is 11.1. The molecule has 35 heavy (non-hydrogen) atoms. The number of carbonyl (C=O) groups is 1. The molecule has 0 radical (unpaired) electrons. The zero-order valence-electron chi connectivity index (χ0n) is 20.4. The van der Waals surface area contributed by atoms with Crippen molar-refractivity contribution in [2.75, 3.05) is 32.7 Å². The molecule has 3 aromatic carbocycles. The molecule has 0 spiro atoms. The standard InChI is InChI=1S/C26H30N2O6S/c1-6-23(18-9-13-21(32-3)14-10-18)27-26(29)19-7-11-20(12-8-19)28(2)35(30,31)22-15-16-24(33-4)25(17-22)34-5/h7-17,23H,6H2,1-5H3,(H,27,29)/t23-/m1/s1. The monoisotopic (exact) mass is 498 g/mol. The highest BCUT2D eigenvalue weighted by Crippen LogP contribution is 2.31.